The molecule has 0 amide bonds. The molecular weight excluding hydrogens is 432 g/mol. The maximum absolute atomic E-state index is 12.5. The Morgan fingerprint density at radius 1 is 1.31 bits per heavy atom. The van der Waals surface area contributed by atoms with Crippen LogP contribution in [-0.4, -0.2) is 14.8 Å². The van der Waals surface area contributed by atoms with Crippen molar-refractivity contribution in [2.24, 2.45) is 0 Å². The average molecular weight is 441 g/mol. The van der Waals surface area contributed by atoms with E-state index in [1.165, 1.54) is 16.8 Å². The third-order valence-corrected chi connectivity index (χ3v) is 4.11. The van der Waals surface area contributed by atoms with Crippen LogP contribution in [0.3, 0.4) is 0 Å². The van der Waals surface area contributed by atoms with E-state index in [4.69, 9.17) is 16.0 Å². The fourth-order valence-electron chi connectivity index (χ4n) is 2.06. The van der Waals surface area contributed by atoms with Crippen molar-refractivity contribution >= 4 is 27.5 Å². The van der Waals surface area contributed by atoms with Crippen LogP contribution in [-0.2, 0) is 6.54 Å². The van der Waals surface area contributed by atoms with Gasteiger partial charge >= 0.3 is 6.43 Å². The zero-order valence-corrected chi connectivity index (χ0v) is 15.3. The van der Waals surface area contributed by atoms with Crippen molar-refractivity contribution < 1.29 is 13.2 Å². The molecule has 132 valence electrons. The molecule has 0 aliphatic rings. The fraction of sp³-hybridized carbons (Fsp3) is 0.118. The largest absolute Gasteiger partial charge is 0.415 e. The number of hydrogen-bond donors (Lipinski definition) is 0. The number of benzene rings is 1. The lowest BCUT2D eigenvalue weighted by Crippen LogP contribution is -2.18. The predicted octanol–water partition coefficient (Wildman–Crippen LogP) is 4.30. The standard InChI is InChI=1S/C17H9BrClF2N3O2/c18-13-9-24(6-2-4-10-3-1-5-11(19)7-10)14(25)8-12(13)16-22-23-17(26-16)15(20)21/h1,3,5,7-9,15H,6H2. The van der Waals surface area contributed by atoms with Crippen molar-refractivity contribution in [1.82, 2.24) is 14.8 Å². The second kappa shape index (κ2) is 7.81. The van der Waals surface area contributed by atoms with Gasteiger partial charge in [0.2, 0.25) is 5.89 Å². The highest BCUT2D eigenvalue weighted by molar-refractivity contribution is 9.10. The first-order valence-corrected chi connectivity index (χ1v) is 8.37. The van der Waals surface area contributed by atoms with Gasteiger partial charge in [0.1, 0.15) is 0 Å². The van der Waals surface area contributed by atoms with E-state index in [0.29, 0.717) is 9.50 Å². The number of halogens is 4. The van der Waals surface area contributed by atoms with Crippen molar-refractivity contribution in [1.29, 1.82) is 0 Å². The van der Waals surface area contributed by atoms with Gasteiger partial charge in [-0.3, -0.25) is 4.79 Å². The van der Waals surface area contributed by atoms with Crippen molar-refractivity contribution in [3.8, 4) is 23.3 Å². The van der Waals surface area contributed by atoms with Crippen molar-refractivity contribution in [2.75, 3.05) is 0 Å². The molecule has 0 radical (unpaired) electrons. The Morgan fingerprint density at radius 2 is 2.12 bits per heavy atom. The summed E-state index contributed by atoms with van der Waals surface area (Å²) >= 11 is 9.16. The van der Waals surface area contributed by atoms with Crippen LogP contribution in [0.25, 0.3) is 11.5 Å². The SMILES string of the molecule is O=c1cc(-c2nnc(C(F)F)o2)c(Br)cn1CC#Cc1cccc(Cl)c1. The summed E-state index contributed by atoms with van der Waals surface area (Å²) in [4.78, 5) is 12.2. The molecule has 0 aliphatic heterocycles. The van der Waals surface area contributed by atoms with Gasteiger partial charge in [-0.25, -0.2) is 0 Å². The molecule has 3 aromatic rings. The third kappa shape index (κ3) is 4.18. The van der Waals surface area contributed by atoms with E-state index in [-0.39, 0.29) is 23.6 Å². The minimum absolute atomic E-state index is 0.135. The second-order valence-electron chi connectivity index (χ2n) is 5.06. The Hall–Kier alpha value is -2.50. The number of hydrogen-bond acceptors (Lipinski definition) is 4. The van der Waals surface area contributed by atoms with E-state index in [9.17, 15) is 13.6 Å². The molecule has 5 nitrogen and oxygen atoms in total. The lowest BCUT2D eigenvalue weighted by Gasteiger charge is -2.04. The maximum atomic E-state index is 12.5. The molecule has 0 N–H and O–H groups in total. The van der Waals surface area contributed by atoms with Gasteiger partial charge in [0.15, 0.2) is 0 Å². The van der Waals surface area contributed by atoms with E-state index < -0.39 is 12.3 Å². The number of alkyl halides is 2. The molecule has 0 saturated heterocycles. The van der Waals surface area contributed by atoms with Crippen LogP contribution >= 0.6 is 27.5 Å². The summed E-state index contributed by atoms with van der Waals surface area (Å²) in [6.45, 7) is 0.135. The fourth-order valence-corrected chi connectivity index (χ4v) is 2.78. The number of pyridine rings is 1. The zero-order valence-electron chi connectivity index (χ0n) is 12.9. The Kier molecular flexibility index (Phi) is 5.49. The Bertz CT molecular complexity index is 1070. The monoisotopic (exact) mass is 439 g/mol. The third-order valence-electron chi connectivity index (χ3n) is 3.24. The number of nitrogens with zero attached hydrogens (tertiary/aromatic N) is 3. The lowest BCUT2D eigenvalue weighted by atomic mass is 10.2. The quantitative estimate of drug-likeness (QED) is 0.570. The van der Waals surface area contributed by atoms with Crippen LogP contribution in [0.4, 0.5) is 8.78 Å². The van der Waals surface area contributed by atoms with Gasteiger partial charge in [-0.1, -0.05) is 29.5 Å². The van der Waals surface area contributed by atoms with Crippen LogP contribution in [0.15, 0.2) is 50.2 Å². The first kappa shape index (κ1) is 18.3. The molecule has 3 rings (SSSR count). The van der Waals surface area contributed by atoms with Gasteiger partial charge in [0.05, 0.1) is 12.1 Å². The lowest BCUT2D eigenvalue weighted by molar-refractivity contribution is 0.116. The Morgan fingerprint density at radius 3 is 2.81 bits per heavy atom. The molecule has 9 heteroatoms. The topological polar surface area (TPSA) is 60.9 Å². The molecule has 2 heterocycles. The highest BCUT2D eigenvalue weighted by Gasteiger charge is 2.19. The molecule has 0 unspecified atom stereocenters. The first-order chi connectivity index (χ1) is 12.4. The average Bonchev–Trinajstić information content (AvgIpc) is 3.08. The Balaban J connectivity index is 1.84. The van der Waals surface area contributed by atoms with Gasteiger partial charge in [0, 0.05) is 27.3 Å². The van der Waals surface area contributed by atoms with Gasteiger partial charge in [-0.15, -0.1) is 10.2 Å². The van der Waals surface area contributed by atoms with Gasteiger partial charge in [-0.05, 0) is 34.1 Å². The molecule has 0 aliphatic carbocycles. The number of aromatic nitrogens is 3. The molecule has 0 atom stereocenters. The molecule has 26 heavy (non-hydrogen) atoms. The summed E-state index contributed by atoms with van der Waals surface area (Å²) in [5, 5.41) is 7.35. The molecule has 0 fully saturated rings. The molecule has 2 aromatic heterocycles. The first-order valence-electron chi connectivity index (χ1n) is 7.20. The van der Waals surface area contributed by atoms with E-state index in [2.05, 4.69) is 38.0 Å². The molecule has 0 bridgehead atoms. The predicted molar refractivity (Wildman–Crippen MR) is 95.0 cm³/mol. The molecule has 0 saturated carbocycles. The summed E-state index contributed by atoms with van der Waals surface area (Å²) in [5.74, 6) is 4.82. The van der Waals surface area contributed by atoms with Crippen molar-refractivity contribution in [2.45, 2.75) is 13.0 Å². The second-order valence-corrected chi connectivity index (χ2v) is 6.35. The zero-order chi connectivity index (χ0) is 18.7. The smallest absolute Gasteiger partial charge is 0.314 e. The van der Waals surface area contributed by atoms with E-state index in [0.717, 1.165) is 5.56 Å². The summed E-state index contributed by atoms with van der Waals surface area (Å²) in [6, 6.07) is 8.25. The van der Waals surface area contributed by atoms with E-state index >= 15 is 0 Å². The maximum Gasteiger partial charge on any atom is 0.314 e. The normalized spacial score (nSPS) is 10.7. The molecule has 1 aromatic carbocycles. The van der Waals surface area contributed by atoms with Crippen LogP contribution in [0, 0.1) is 11.8 Å². The van der Waals surface area contributed by atoms with Crippen LogP contribution < -0.4 is 5.56 Å². The van der Waals surface area contributed by atoms with Crippen LogP contribution in [0.1, 0.15) is 17.9 Å². The van der Waals surface area contributed by atoms with Gasteiger partial charge in [-0.2, -0.15) is 8.78 Å². The van der Waals surface area contributed by atoms with E-state index in [1.54, 1.807) is 24.3 Å². The van der Waals surface area contributed by atoms with Crippen LogP contribution in [0.5, 0.6) is 0 Å². The summed E-state index contributed by atoms with van der Waals surface area (Å²) in [6.07, 6.45) is -1.39. The van der Waals surface area contributed by atoms with Gasteiger partial charge < -0.3 is 8.98 Å². The minimum atomic E-state index is -2.88. The van der Waals surface area contributed by atoms with Crippen molar-refractivity contribution in [3.63, 3.8) is 0 Å². The van der Waals surface area contributed by atoms with Gasteiger partial charge in [0.25, 0.3) is 11.4 Å². The summed E-state index contributed by atoms with van der Waals surface area (Å²) in [7, 11) is 0. The molecule has 0 spiro atoms. The van der Waals surface area contributed by atoms with E-state index in [1.807, 2.05) is 0 Å². The van der Waals surface area contributed by atoms with Crippen LogP contribution in [0.2, 0.25) is 5.02 Å². The summed E-state index contributed by atoms with van der Waals surface area (Å²) < 4.78 is 31.8. The minimum Gasteiger partial charge on any atom is -0.415 e. The Labute approximate surface area is 159 Å². The highest BCUT2D eigenvalue weighted by atomic mass is 79.9. The van der Waals surface area contributed by atoms with Crippen molar-refractivity contribution in [3.05, 3.63) is 67.8 Å². The summed E-state index contributed by atoms with van der Waals surface area (Å²) in [5.41, 5.74) is 0.570. The number of rotatable bonds is 3. The highest BCUT2D eigenvalue weighted by Crippen LogP contribution is 2.27. The molecular formula is C17H9BrClF2N3O2.